The predicted octanol–water partition coefficient (Wildman–Crippen LogP) is 3.82. The first-order chi connectivity index (χ1) is 8.78. The van der Waals surface area contributed by atoms with Gasteiger partial charge < -0.3 is 0 Å². The van der Waals surface area contributed by atoms with Crippen molar-refractivity contribution in [3.63, 3.8) is 0 Å². The Bertz CT molecular complexity index is 447. The zero-order valence-electron chi connectivity index (χ0n) is 14.5. The van der Waals surface area contributed by atoms with E-state index in [1.807, 2.05) is 0 Å². The molecule has 0 heterocycles. The van der Waals surface area contributed by atoms with Crippen molar-refractivity contribution < 1.29 is 4.19 Å². The molecule has 2 heteroatoms. The summed E-state index contributed by atoms with van der Waals surface area (Å²) in [5.41, 5.74) is 4.21. The fraction of sp³-hybridized carbons (Fsp3) is 0.667. The van der Waals surface area contributed by atoms with E-state index in [4.69, 9.17) is 0 Å². The molecule has 20 heavy (non-hydrogen) atoms. The summed E-state index contributed by atoms with van der Waals surface area (Å²) in [4.78, 5) is 0. The molecule has 0 spiro atoms. The summed E-state index contributed by atoms with van der Waals surface area (Å²) in [6.07, 6.45) is 0. The zero-order chi connectivity index (χ0) is 15.9. The van der Waals surface area contributed by atoms with E-state index in [9.17, 15) is 4.19 Å². The zero-order valence-corrected chi connectivity index (χ0v) is 16.2. The quantitative estimate of drug-likeness (QED) is 0.770. The number of hydrogen-bond donors (Lipinski definition) is 1. The minimum atomic E-state index is -0.471. The number of rotatable bonds is 1. The SMILES string of the molecule is CC(C)(C)c1cc(C(C)(C)C)c([Se]O)c(C(C)(C)C)c1. The fourth-order valence-electron chi connectivity index (χ4n) is 2.27. The second-order valence-corrected chi connectivity index (χ2v) is 9.98. The first-order valence-corrected chi connectivity index (χ1v) is 8.91. The van der Waals surface area contributed by atoms with E-state index in [0.29, 0.717) is 0 Å². The van der Waals surface area contributed by atoms with Gasteiger partial charge >= 0.3 is 131 Å². The maximum atomic E-state index is 9.98. The monoisotopic (exact) mass is 342 g/mol. The molecular weight excluding hydrogens is 311 g/mol. The first-order valence-electron chi connectivity index (χ1n) is 7.29. The van der Waals surface area contributed by atoms with Gasteiger partial charge in [-0.15, -0.1) is 0 Å². The summed E-state index contributed by atoms with van der Waals surface area (Å²) in [7, 11) is 0. The Kier molecular flexibility index (Phi) is 4.86. The summed E-state index contributed by atoms with van der Waals surface area (Å²) in [5, 5.41) is 0. The molecule has 1 aromatic carbocycles. The molecule has 0 aromatic heterocycles. The summed E-state index contributed by atoms with van der Waals surface area (Å²) in [5.74, 6) is 0. The number of benzene rings is 1. The van der Waals surface area contributed by atoms with Gasteiger partial charge in [-0.2, -0.15) is 0 Å². The molecule has 0 radical (unpaired) electrons. The molecule has 0 amide bonds. The van der Waals surface area contributed by atoms with Crippen molar-refractivity contribution in [2.24, 2.45) is 0 Å². The Hall–Kier alpha value is -0.301. The van der Waals surface area contributed by atoms with E-state index in [2.05, 4.69) is 74.4 Å². The minimum absolute atomic E-state index is 0.0566. The van der Waals surface area contributed by atoms with E-state index in [-0.39, 0.29) is 16.2 Å². The van der Waals surface area contributed by atoms with Crippen LogP contribution in [0.1, 0.15) is 79.0 Å². The second-order valence-electron chi connectivity index (χ2n) is 8.74. The third-order valence-corrected chi connectivity index (χ3v) is 4.97. The normalized spacial score (nSPS) is 13.7. The van der Waals surface area contributed by atoms with Gasteiger partial charge in [0.2, 0.25) is 0 Å². The van der Waals surface area contributed by atoms with Crippen LogP contribution in [0.5, 0.6) is 0 Å². The molecule has 1 N–H and O–H groups in total. The molecule has 0 unspecified atom stereocenters. The van der Waals surface area contributed by atoms with Gasteiger partial charge in [0.05, 0.1) is 0 Å². The summed E-state index contributed by atoms with van der Waals surface area (Å²) in [6.45, 7) is 20.2. The van der Waals surface area contributed by atoms with Crippen LogP contribution in [0, 0.1) is 0 Å². The van der Waals surface area contributed by atoms with E-state index < -0.39 is 15.3 Å². The topological polar surface area (TPSA) is 20.2 Å². The van der Waals surface area contributed by atoms with Crippen LogP contribution in [0.3, 0.4) is 0 Å². The predicted molar refractivity (Wildman–Crippen MR) is 90.1 cm³/mol. The van der Waals surface area contributed by atoms with Gasteiger partial charge in [0, 0.05) is 0 Å². The standard InChI is InChI=1S/C18H30OSe/c1-16(2,3)12-10-13(17(4,5)6)15(20-19)14(11-12)18(7,8)9/h10-11,19H,1-9H3. The summed E-state index contributed by atoms with van der Waals surface area (Å²) < 4.78 is 11.2. The molecule has 0 aliphatic rings. The molecule has 1 aromatic rings. The Morgan fingerprint density at radius 1 is 0.700 bits per heavy atom. The molecular formula is C18H30OSe. The molecule has 1 nitrogen and oxygen atoms in total. The molecule has 0 aliphatic carbocycles. The van der Waals surface area contributed by atoms with Crippen LogP contribution >= 0.6 is 0 Å². The van der Waals surface area contributed by atoms with Crippen molar-refractivity contribution in [3.05, 3.63) is 28.8 Å². The van der Waals surface area contributed by atoms with Crippen LogP contribution in [0.15, 0.2) is 12.1 Å². The van der Waals surface area contributed by atoms with Crippen molar-refractivity contribution in [1.29, 1.82) is 0 Å². The van der Waals surface area contributed by atoms with Crippen molar-refractivity contribution >= 4 is 19.7 Å². The van der Waals surface area contributed by atoms with Crippen LogP contribution in [-0.4, -0.2) is 19.5 Å². The van der Waals surface area contributed by atoms with Gasteiger partial charge in [-0.1, -0.05) is 0 Å². The Labute approximate surface area is 131 Å². The molecule has 114 valence electrons. The van der Waals surface area contributed by atoms with Gasteiger partial charge in [-0.05, 0) is 0 Å². The third kappa shape index (κ3) is 3.87. The van der Waals surface area contributed by atoms with E-state index in [1.54, 1.807) is 0 Å². The van der Waals surface area contributed by atoms with Gasteiger partial charge in [-0.25, -0.2) is 0 Å². The van der Waals surface area contributed by atoms with Gasteiger partial charge in [0.15, 0.2) is 0 Å². The van der Waals surface area contributed by atoms with E-state index >= 15 is 0 Å². The van der Waals surface area contributed by atoms with Crippen LogP contribution in [0.2, 0.25) is 0 Å². The average molecular weight is 341 g/mol. The van der Waals surface area contributed by atoms with Crippen molar-refractivity contribution in [2.45, 2.75) is 78.6 Å². The van der Waals surface area contributed by atoms with E-state index in [1.165, 1.54) is 21.2 Å². The van der Waals surface area contributed by atoms with Gasteiger partial charge in [0.1, 0.15) is 0 Å². The molecule has 0 fully saturated rings. The Morgan fingerprint density at radius 2 is 1.05 bits per heavy atom. The Morgan fingerprint density at radius 3 is 1.25 bits per heavy atom. The van der Waals surface area contributed by atoms with Gasteiger partial charge in [0.25, 0.3) is 0 Å². The fourth-order valence-corrected chi connectivity index (χ4v) is 4.22. The molecule has 0 bridgehead atoms. The van der Waals surface area contributed by atoms with Crippen LogP contribution < -0.4 is 4.46 Å². The third-order valence-electron chi connectivity index (χ3n) is 3.66. The first kappa shape index (κ1) is 17.8. The van der Waals surface area contributed by atoms with Crippen LogP contribution in [0.4, 0.5) is 0 Å². The molecule has 1 rings (SSSR count). The summed E-state index contributed by atoms with van der Waals surface area (Å²) >= 11 is -0.471. The number of hydrogen-bond acceptors (Lipinski definition) is 1. The molecule has 0 aliphatic heterocycles. The van der Waals surface area contributed by atoms with Crippen molar-refractivity contribution in [1.82, 2.24) is 0 Å². The van der Waals surface area contributed by atoms with Crippen LogP contribution in [0.25, 0.3) is 0 Å². The van der Waals surface area contributed by atoms with Crippen molar-refractivity contribution in [3.8, 4) is 0 Å². The second kappa shape index (κ2) is 5.48. The van der Waals surface area contributed by atoms with Crippen LogP contribution in [-0.2, 0) is 16.2 Å². The Balaban J connectivity index is 3.75. The average Bonchev–Trinajstić information content (AvgIpc) is 2.23. The maximum absolute atomic E-state index is 9.98. The van der Waals surface area contributed by atoms with Crippen molar-refractivity contribution in [2.75, 3.05) is 0 Å². The summed E-state index contributed by atoms with van der Waals surface area (Å²) in [6, 6.07) is 4.62. The van der Waals surface area contributed by atoms with E-state index in [0.717, 1.165) is 0 Å². The van der Waals surface area contributed by atoms with Gasteiger partial charge in [-0.3, -0.25) is 0 Å². The molecule has 0 atom stereocenters. The molecule has 0 saturated heterocycles. The molecule has 0 saturated carbocycles.